The lowest BCUT2D eigenvalue weighted by atomic mass is 9.57. The highest BCUT2D eigenvalue weighted by atomic mass is 16.5. The number of nitrogens with zero attached hydrogens (tertiary/aromatic N) is 1. The third-order valence-corrected chi connectivity index (χ3v) is 5.42. The molecule has 0 amide bonds. The van der Waals surface area contributed by atoms with Gasteiger partial charge in [0.1, 0.15) is 23.9 Å². The lowest BCUT2D eigenvalue weighted by Gasteiger charge is -2.52. The van der Waals surface area contributed by atoms with Crippen LogP contribution in [-0.4, -0.2) is 30.0 Å². The first kappa shape index (κ1) is 18.2. The van der Waals surface area contributed by atoms with E-state index in [2.05, 4.69) is 24.3 Å². The Morgan fingerprint density at radius 1 is 1.32 bits per heavy atom. The van der Waals surface area contributed by atoms with Crippen LogP contribution in [0.5, 0.6) is 0 Å². The summed E-state index contributed by atoms with van der Waals surface area (Å²) < 4.78 is 16.1. The Morgan fingerprint density at radius 3 is 2.84 bits per heavy atom. The van der Waals surface area contributed by atoms with Gasteiger partial charge in [-0.1, -0.05) is 19.0 Å². The summed E-state index contributed by atoms with van der Waals surface area (Å²) >= 11 is 0. The van der Waals surface area contributed by atoms with Crippen LogP contribution in [0.15, 0.2) is 27.1 Å². The van der Waals surface area contributed by atoms with Crippen LogP contribution in [-0.2, 0) is 30.7 Å². The number of hydrogen-bond donors (Lipinski definition) is 2. The molecule has 0 aromatic carbocycles. The van der Waals surface area contributed by atoms with Crippen molar-refractivity contribution in [1.82, 2.24) is 10.5 Å². The maximum Gasteiger partial charge on any atom is 0.139 e. The molecule has 6 nitrogen and oxygen atoms in total. The van der Waals surface area contributed by atoms with Crippen LogP contribution in [0.3, 0.4) is 0 Å². The van der Waals surface area contributed by atoms with Gasteiger partial charge in [-0.05, 0) is 36.3 Å². The molecule has 0 aliphatic heterocycles. The van der Waals surface area contributed by atoms with E-state index in [9.17, 15) is 0 Å². The molecular weight excluding hydrogens is 320 g/mol. The molecule has 3 rings (SSSR count). The molecule has 1 aliphatic carbocycles. The van der Waals surface area contributed by atoms with Gasteiger partial charge in [-0.25, -0.2) is 0 Å². The van der Waals surface area contributed by atoms with Crippen LogP contribution in [0, 0.1) is 11.3 Å². The van der Waals surface area contributed by atoms with Crippen molar-refractivity contribution >= 4 is 0 Å². The molecule has 2 aromatic rings. The number of aromatic nitrogens is 1. The topological polar surface area (TPSA) is 80.7 Å². The predicted octanol–water partition coefficient (Wildman–Crippen LogP) is 2.70. The van der Waals surface area contributed by atoms with E-state index >= 15 is 0 Å². The Hall–Kier alpha value is -1.63. The van der Waals surface area contributed by atoms with Crippen LogP contribution < -0.4 is 5.32 Å². The van der Waals surface area contributed by atoms with Gasteiger partial charge in [-0.2, -0.15) is 0 Å². The molecule has 1 saturated carbocycles. The van der Waals surface area contributed by atoms with Crippen LogP contribution in [0.1, 0.15) is 43.2 Å². The minimum Gasteiger partial charge on any atom is -0.462 e. The van der Waals surface area contributed by atoms with Gasteiger partial charge in [0.15, 0.2) is 0 Å². The number of methoxy groups -OCH3 is 1. The second-order valence-electron chi connectivity index (χ2n) is 7.45. The van der Waals surface area contributed by atoms with Crippen molar-refractivity contribution in [1.29, 1.82) is 0 Å². The lowest BCUT2D eigenvalue weighted by Crippen LogP contribution is -2.57. The minimum absolute atomic E-state index is 0.0917. The maximum absolute atomic E-state index is 8.96. The smallest absolute Gasteiger partial charge is 0.139 e. The summed E-state index contributed by atoms with van der Waals surface area (Å²) in [7, 11) is 1.67. The van der Waals surface area contributed by atoms with E-state index in [0.29, 0.717) is 25.0 Å². The summed E-state index contributed by atoms with van der Waals surface area (Å²) in [6.45, 7) is 5.93. The van der Waals surface area contributed by atoms with E-state index in [1.165, 1.54) is 0 Å². The largest absolute Gasteiger partial charge is 0.462 e. The first-order valence-electron chi connectivity index (χ1n) is 8.88. The molecule has 0 radical (unpaired) electrons. The van der Waals surface area contributed by atoms with Gasteiger partial charge in [0.25, 0.3) is 0 Å². The fraction of sp³-hybridized carbons (Fsp3) is 0.632. The van der Waals surface area contributed by atoms with E-state index in [-0.39, 0.29) is 12.0 Å². The third kappa shape index (κ3) is 4.14. The van der Waals surface area contributed by atoms with E-state index in [4.69, 9.17) is 18.8 Å². The molecular formula is C19H28N2O4. The number of aliphatic hydroxyl groups excluding tert-OH is 1. The molecule has 2 aromatic heterocycles. The average Bonchev–Trinajstić information content (AvgIpc) is 3.20. The molecule has 2 atom stereocenters. The van der Waals surface area contributed by atoms with Crippen LogP contribution >= 0.6 is 0 Å². The molecule has 138 valence electrons. The van der Waals surface area contributed by atoms with Gasteiger partial charge in [0, 0.05) is 25.6 Å². The standard InChI is InChI=1S/C19H28N2O4/c1-19(2)13(8-14-10-15(6-7-22)25-21-14)9-18(19)20-11-16-4-5-17(24-16)12-23-3/h4-5,10,13,18,20,22H,6-9,11-12H2,1-3H3. The van der Waals surface area contributed by atoms with Gasteiger partial charge >= 0.3 is 0 Å². The highest BCUT2D eigenvalue weighted by Crippen LogP contribution is 2.47. The fourth-order valence-corrected chi connectivity index (χ4v) is 3.60. The number of nitrogens with one attached hydrogen (secondary N) is 1. The van der Waals surface area contributed by atoms with Crippen LogP contribution in [0.2, 0.25) is 0 Å². The number of ether oxygens (including phenoxy) is 1. The second-order valence-corrected chi connectivity index (χ2v) is 7.45. The predicted molar refractivity (Wildman–Crippen MR) is 92.9 cm³/mol. The Labute approximate surface area is 148 Å². The number of aliphatic hydroxyl groups is 1. The van der Waals surface area contributed by atoms with Gasteiger partial charge in [0.05, 0.1) is 18.8 Å². The SMILES string of the molecule is COCc1ccc(CNC2CC(Cc3cc(CCO)on3)C2(C)C)o1. The maximum atomic E-state index is 8.96. The molecule has 25 heavy (non-hydrogen) atoms. The summed E-state index contributed by atoms with van der Waals surface area (Å²) in [4.78, 5) is 0. The molecule has 0 bridgehead atoms. The highest BCUT2D eigenvalue weighted by Gasteiger charge is 2.47. The molecule has 2 N–H and O–H groups in total. The van der Waals surface area contributed by atoms with Crippen molar-refractivity contribution in [3.05, 3.63) is 41.2 Å². The van der Waals surface area contributed by atoms with Crippen molar-refractivity contribution in [2.75, 3.05) is 13.7 Å². The van der Waals surface area contributed by atoms with Crippen molar-refractivity contribution in [2.24, 2.45) is 11.3 Å². The second kappa shape index (κ2) is 7.72. The van der Waals surface area contributed by atoms with E-state index in [1.54, 1.807) is 7.11 Å². The highest BCUT2D eigenvalue weighted by molar-refractivity contribution is 5.12. The van der Waals surface area contributed by atoms with Gasteiger partial charge in [0.2, 0.25) is 0 Å². The van der Waals surface area contributed by atoms with Crippen LogP contribution in [0.25, 0.3) is 0 Å². The van der Waals surface area contributed by atoms with E-state index in [1.807, 2.05) is 18.2 Å². The Morgan fingerprint density at radius 2 is 2.12 bits per heavy atom. The summed E-state index contributed by atoms with van der Waals surface area (Å²) in [5, 5.41) is 16.7. The van der Waals surface area contributed by atoms with Gasteiger partial charge < -0.3 is 24.1 Å². The zero-order valence-corrected chi connectivity index (χ0v) is 15.2. The summed E-state index contributed by atoms with van der Waals surface area (Å²) in [6.07, 6.45) is 2.55. The zero-order chi connectivity index (χ0) is 17.9. The van der Waals surface area contributed by atoms with E-state index in [0.717, 1.165) is 42.4 Å². The van der Waals surface area contributed by atoms with Gasteiger partial charge in [-0.3, -0.25) is 0 Å². The van der Waals surface area contributed by atoms with Crippen molar-refractivity contribution in [3.8, 4) is 0 Å². The van der Waals surface area contributed by atoms with Gasteiger partial charge in [-0.15, -0.1) is 0 Å². The lowest BCUT2D eigenvalue weighted by molar-refractivity contribution is 0.0114. The van der Waals surface area contributed by atoms with Crippen LogP contribution in [0.4, 0.5) is 0 Å². The zero-order valence-electron chi connectivity index (χ0n) is 15.2. The fourth-order valence-electron chi connectivity index (χ4n) is 3.60. The Bertz CT molecular complexity index is 677. The first-order valence-corrected chi connectivity index (χ1v) is 8.88. The molecule has 2 heterocycles. The number of furan rings is 1. The quantitative estimate of drug-likeness (QED) is 0.725. The third-order valence-electron chi connectivity index (χ3n) is 5.42. The molecule has 1 fully saturated rings. The van der Waals surface area contributed by atoms with Crippen molar-refractivity contribution < 1.29 is 18.8 Å². The number of hydrogen-bond acceptors (Lipinski definition) is 6. The summed E-state index contributed by atoms with van der Waals surface area (Å²) in [6, 6.07) is 6.39. The summed E-state index contributed by atoms with van der Waals surface area (Å²) in [5.41, 5.74) is 1.17. The average molecular weight is 348 g/mol. The van der Waals surface area contributed by atoms with E-state index < -0.39 is 0 Å². The Balaban J connectivity index is 1.48. The first-order chi connectivity index (χ1) is 12.0. The van der Waals surface area contributed by atoms with Crippen molar-refractivity contribution in [3.63, 3.8) is 0 Å². The monoisotopic (exact) mass is 348 g/mol. The molecule has 1 aliphatic rings. The molecule has 2 unspecified atom stereocenters. The molecule has 6 heteroatoms. The minimum atomic E-state index is 0.0917. The summed E-state index contributed by atoms with van der Waals surface area (Å²) in [5.74, 6) is 3.12. The molecule has 0 spiro atoms. The molecule has 0 saturated heterocycles. The number of rotatable bonds is 9. The normalized spacial score (nSPS) is 22.1. The Kier molecular flexibility index (Phi) is 5.61. The van der Waals surface area contributed by atoms with Crippen molar-refractivity contribution in [2.45, 2.75) is 52.3 Å².